The van der Waals surface area contributed by atoms with Crippen molar-refractivity contribution in [3.63, 3.8) is 0 Å². The van der Waals surface area contributed by atoms with Crippen molar-refractivity contribution >= 4 is 41.7 Å². The average Bonchev–Trinajstić information content (AvgIpc) is 3.10. The Labute approximate surface area is 139 Å². The van der Waals surface area contributed by atoms with Crippen molar-refractivity contribution in [2.75, 3.05) is 31.9 Å². The minimum absolute atomic E-state index is 0. The van der Waals surface area contributed by atoms with Crippen molar-refractivity contribution < 1.29 is 0 Å². The molecule has 0 atom stereocenters. The zero-order chi connectivity index (χ0) is 13.0. The highest BCUT2D eigenvalue weighted by molar-refractivity contribution is 14.0. The molecule has 112 valence electrons. The van der Waals surface area contributed by atoms with Crippen LogP contribution in [-0.2, 0) is 0 Å². The van der Waals surface area contributed by atoms with Crippen LogP contribution in [0.3, 0.4) is 0 Å². The van der Waals surface area contributed by atoms with Gasteiger partial charge >= 0.3 is 0 Å². The van der Waals surface area contributed by atoms with Gasteiger partial charge in [0.25, 0.3) is 0 Å². The van der Waals surface area contributed by atoms with Gasteiger partial charge in [-0.1, -0.05) is 12.8 Å². The lowest BCUT2D eigenvalue weighted by Gasteiger charge is -2.39. The first kappa shape index (κ1) is 17.4. The van der Waals surface area contributed by atoms with Crippen molar-refractivity contribution in [3.05, 3.63) is 0 Å². The van der Waals surface area contributed by atoms with Crippen LogP contribution < -0.4 is 5.32 Å². The maximum atomic E-state index is 4.81. The number of nitrogens with zero attached hydrogens (tertiary/aromatic N) is 2. The highest BCUT2D eigenvalue weighted by Crippen LogP contribution is 2.32. The maximum Gasteiger partial charge on any atom is 0.193 e. The minimum Gasteiger partial charge on any atom is -0.357 e. The van der Waals surface area contributed by atoms with E-state index in [2.05, 4.69) is 42.7 Å². The van der Waals surface area contributed by atoms with Crippen LogP contribution in [0.5, 0.6) is 0 Å². The van der Waals surface area contributed by atoms with Crippen molar-refractivity contribution in [1.82, 2.24) is 10.2 Å². The van der Waals surface area contributed by atoms with E-state index >= 15 is 0 Å². The molecule has 0 amide bonds. The summed E-state index contributed by atoms with van der Waals surface area (Å²) in [5, 5.41) is 3.45. The molecule has 1 saturated heterocycles. The van der Waals surface area contributed by atoms with E-state index in [-0.39, 0.29) is 24.0 Å². The molecule has 5 heteroatoms. The summed E-state index contributed by atoms with van der Waals surface area (Å²) in [4.78, 5) is 7.24. The molecule has 2 fully saturated rings. The monoisotopic (exact) mass is 397 g/mol. The van der Waals surface area contributed by atoms with E-state index in [0.29, 0.717) is 4.75 Å². The Balaban J connectivity index is 0.00000180. The lowest BCUT2D eigenvalue weighted by Crippen LogP contribution is -2.51. The van der Waals surface area contributed by atoms with E-state index in [0.717, 1.165) is 38.1 Å². The molecular weight excluding hydrogens is 369 g/mol. The number of thioether (sulfide) groups is 1. The Morgan fingerprint density at radius 3 is 2.74 bits per heavy atom. The van der Waals surface area contributed by atoms with E-state index in [9.17, 15) is 0 Å². The minimum atomic E-state index is 0. The van der Waals surface area contributed by atoms with Gasteiger partial charge in [0, 0.05) is 36.7 Å². The molecule has 1 aliphatic heterocycles. The van der Waals surface area contributed by atoms with Crippen molar-refractivity contribution in [2.45, 2.75) is 44.8 Å². The van der Waals surface area contributed by atoms with Crippen LogP contribution in [0.25, 0.3) is 0 Å². The largest absolute Gasteiger partial charge is 0.357 e. The van der Waals surface area contributed by atoms with Gasteiger partial charge in [-0.25, -0.2) is 0 Å². The van der Waals surface area contributed by atoms with Crippen LogP contribution >= 0.6 is 35.7 Å². The average molecular weight is 397 g/mol. The molecule has 19 heavy (non-hydrogen) atoms. The molecule has 0 spiro atoms. The summed E-state index contributed by atoms with van der Waals surface area (Å²) in [6.45, 7) is 11.0. The molecule has 0 aromatic heterocycles. The maximum absolute atomic E-state index is 4.81. The van der Waals surface area contributed by atoms with Crippen LogP contribution in [-0.4, -0.2) is 47.5 Å². The van der Waals surface area contributed by atoms with Crippen LogP contribution in [0.1, 0.15) is 40.0 Å². The SMILES string of the molecule is CCNC(=NCCC1CC1)N1CCSC(C)(C)C1.I. The molecule has 1 saturated carbocycles. The molecule has 0 unspecified atom stereocenters. The molecule has 2 aliphatic rings. The number of hydrogen-bond acceptors (Lipinski definition) is 2. The van der Waals surface area contributed by atoms with Gasteiger partial charge in [-0.05, 0) is 33.1 Å². The number of aliphatic imine (C=N–C) groups is 1. The summed E-state index contributed by atoms with van der Waals surface area (Å²) >= 11 is 2.07. The zero-order valence-electron chi connectivity index (χ0n) is 12.4. The van der Waals surface area contributed by atoms with E-state index in [1.165, 1.54) is 25.0 Å². The summed E-state index contributed by atoms with van der Waals surface area (Å²) < 4.78 is 0.352. The standard InChI is InChI=1S/C14H27N3S.HI/c1-4-15-13(16-8-7-12-5-6-12)17-9-10-18-14(2,3)11-17;/h12H,4-11H2,1-3H3,(H,15,16);1H. The van der Waals surface area contributed by atoms with Gasteiger partial charge in [-0.2, -0.15) is 11.8 Å². The van der Waals surface area contributed by atoms with Crippen LogP contribution in [0.2, 0.25) is 0 Å². The van der Waals surface area contributed by atoms with Gasteiger partial charge in [0.15, 0.2) is 5.96 Å². The second kappa shape index (κ2) is 7.96. The fraction of sp³-hybridized carbons (Fsp3) is 0.929. The van der Waals surface area contributed by atoms with Crippen molar-refractivity contribution in [3.8, 4) is 0 Å². The van der Waals surface area contributed by atoms with Gasteiger partial charge in [0.2, 0.25) is 0 Å². The zero-order valence-corrected chi connectivity index (χ0v) is 15.6. The number of rotatable bonds is 4. The van der Waals surface area contributed by atoms with Crippen molar-refractivity contribution in [2.24, 2.45) is 10.9 Å². The normalized spacial score (nSPS) is 22.9. The Morgan fingerprint density at radius 1 is 1.42 bits per heavy atom. The summed E-state index contributed by atoms with van der Waals surface area (Å²) in [5.74, 6) is 3.32. The Kier molecular flexibility index (Phi) is 7.29. The molecule has 0 aromatic rings. The quantitative estimate of drug-likeness (QED) is 0.449. The van der Waals surface area contributed by atoms with E-state index in [1.807, 2.05) is 0 Å². The van der Waals surface area contributed by atoms with Crippen LogP contribution in [0, 0.1) is 5.92 Å². The predicted octanol–water partition coefficient (Wildman–Crippen LogP) is 3.20. The van der Waals surface area contributed by atoms with Gasteiger partial charge in [-0.15, -0.1) is 24.0 Å². The number of nitrogens with one attached hydrogen (secondary N) is 1. The number of guanidine groups is 1. The van der Waals surface area contributed by atoms with Gasteiger partial charge in [0.05, 0.1) is 0 Å². The molecule has 1 aliphatic carbocycles. The number of halogens is 1. The highest BCUT2D eigenvalue weighted by atomic mass is 127. The Bertz CT molecular complexity index is 303. The van der Waals surface area contributed by atoms with Gasteiger partial charge < -0.3 is 10.2 Å². The summed E-state index contributed by atoms with van der Waals surface area (Å²) in [6.07, 6.45) is 4.14. The predicted molar refractivity (Wildman–Crippen MR) is 96.8 cm³/mol. The lowest BCUT2D eigenvalue weighted by atomic mass is 10.2. The van der Waals surface area contributed by atoms with E-state index in [1.54, 1.807) is 0 Å². The first-order valence-corrected chi connectivity index (χ1v) is 8.26. The van der Waals surface area contributed by atoms with Crippen LogP contribution in [0.4, 0.5) is 0 Å². The Morgan fingerprint density at radius 2 is 2.16 bits per heavy atom. The molecule has 0 bridgehead atoms. The molecular formula is C14H28IN3S. The molecule has 2 rings (SSSR count). The second-order valence-corrected chi connectivity index (χ2v) is 7.80. The third kappa shape index (κ3) is 6.10. The topological polar surface area (TPSA) is 27.6 Å². The molecule has 3 nitrogen and oxygen atoms in total. The van der Waals surface area contributed by atoms with Crippen LogP contribution in [0.15, 0.2) is 4.99 Å². The van der Waals surface area contributed by atoms with Gasteiger partial charge in [0.1, 0.15) is 0 Å². The highest BCUT2D eigenvalue weighted by Gasteiger charge is 2.28. The van der Waals surface area contributed by atoms with E-state index in [4.69, 9.17) is 4.99 Å². The summed E-state index contributed by atoms with van der Waals surface area (Å²) in [5.41, 5.74) is 0. The van der Waals surface area contributed by atoms with Crippen molar-refractivity contribution in [1.29, 1.82) is 0 Å². The third-order valence-electron chi connectivity index (χ3n) is 3.56. The number of hydrogen-bond donors (Lipinski definition) is 1. The molecule has 1 N–H and O–H groups in total. The summed E-state index contributed by atoms with van der Waals surface area (Å²) in [7, 11) is 0. The van der Waals surface area contributed by atoms with Gasteiger partial charge in [-0.3, -0.25) is 4.99 Å². The third-order valence-corrected chi connectivity index (χ3v) is 4.85. The fourth-order valence-corrected chi connectivity index (χ4v) is 3.49. The first-order valence-electron chi connectivity index (χ1n) is 7.28. The Hall–Kier alpha value is 0.350. The lowest BCUT2D eigenvalue weighted by molar-refractivity contribution is 0.375. The fourth-order valence-electron chi connectivity index (χ4n) is 2.38. The molecule has 1 heterocycles. The smallest absolute Gasteiger partial charge is 0.193 e. The molecule has 0 radical (unpaired) electrons. The second-order valence-electron chi connectivity index (χ2n) is 6.00. The summed E-state index contributed by atoms with van der Waals surface area (Å²) in [6, 6.07) is 0. The van der Waals surface area contributed by atoms with E-state index < -0.39 is 0 Å². The molecule has 0 aromatic carbocycles. The first-order chi connectivity index (χ1) is 8.61.